The molecule has 0 spiro atoms. The number of halogens is 1. The van der Waals surface area contributed by atoms with Crippen LogP contribution in [-0.2, 0) is 5.75 Å². The van der Waals surface area contributed by atoms with E-state index in [-0.39, 0.29) is 5.82 Å². The van der Waals surface area contributed by atoms with E-state index in [1.807, 2.05) is 47.0 Å². The quantitative estimate of drug-likeness (QED) is 0.443. The third kappa shape index (κ3) is 3.75. The molecule has 2 heterocycles. The fraction of sp³-hybridized carbons (Fsp3) is 0.0952. The number of benzene rings is 2. The van der Waals surface area contributed by atoms with Gasteiger partial charge in [0.05, 0.1) is 7.11 Å². The van der Waals surface area contributed by atoms with Crippen LogP contribution >= 0.6 is 11.8 Å². The van der Waals surface area contributed by atoms with Gasteiger partial charge in [-0.05, 0) is 48.0 Å². The van der Waals surface area contributed by atoms with E-state index in [0.29, 0.717) is 22.3 Å². The highest BCUT2D eigenvalue weighted by molar-refractivity contribution is 7.98. The molecule has 0 bridgehead atoms. The highest BCUT2D eigenvalue weighted by atomic mass is 32.2. The van der Waals surface area contributed by atoms with Crippen LogP contribution in [-0.4, -0.2) is 26.9 Å². The Hall–Kier alpha value is -3.19. The third-order valence-electron chi connectivity index (χ3n) is 4.22. The van der Waals surface area contributed by atoms with Crippen LogP contribution in [0, 0.1) is 5.82 Å². The summed E-state index contributed by atoms with van der Waals surface area (Å²) >= 11 is 1.44. The van der Waals surface area contributed by atoms with Crippen LogP contribution < -0.4 is 4.74 Å². The Morgan fingerprint density at radius 1 is 0.964 bits per heavy atom. The molecular weight excluding hydrogens is 375 g/mol. The molecule has 0 N–H and O–H groups in total. The molecule has 0 saturated heterocycles. The van der Waals surface area contributed by atoms with Gasteiger partial charge in [-0.25, -0.2) is 4.39 Å². The molecule has 4 aromatic rings. The molecule has 0 saturated carbocycles. The average molecular weight is 392 g/mol. The van der Waals surface area contributed by atoms with Gasteiger partial charge in [0.1, 0.15) is 11.6 Å². The first-order chi connectivity index (χ1) is 13.8. The Balaban J connectivity index is 1.73. The van der Waals surface area contributed by atoms with Crippen molar-refractivity contribution in [2.45, 2.75) is 10.9 Å². The minimum atomic E-state index is -0.222. The van der Waals surface area contributed by atoms with Crippen LogP contribution in [0.5, 0.6) is 5.75 Å². The van der Waals surface area contributed by atoms with Crippen molar-refractivity contribution in [3.05, 3.63) is 84.4 Å². The highest BCUT2D eigenvalue weighted by Gasteiger charge is 2.17. The summed E-state index contributed by atoms with van der Waals surface area (Å²) in [5.41, 5.74) is 2.42. The van der Waals surface area contributed by atoms with E-state index in [4.69, 9.17) is 4.74 Å². The summed E-state index contributed by atoms with van der Waals surface area (Å²) in [6.45, 7) is 0. The summed E-state index contributed by atoms with van der Waals surface area (Å²) in [5.74, 6) is 1.70. The fourth-order valence-corrected chi connectivity index (χ4v) is 3.71. The van der Waals surface area contributed by atoms with Gasteiger partial charge in [-0.3, -0.25) is 9.55 Å². The van der Waals surface area contributed by atoms with Crippen LogP contribution in [0.25, 0.3) is 17.1 Å². The molecule has 140 valence electrons. The van der Waals surface area contributed by atoms with E-state index in [9.17, 15) is 4.39 Å². The van der Waals surface area contributed by atoms with Crippen molar-refractivity contribution in [2.75, 3.05) is 7.11 Å². The molecule has 0 unspecified atom stereocenters. The molecule has 0 amide bonds. The van der Waals surface area contributed by atoms with E-state index in [2.05, 4.69) is 15.2 Å². The Morgan fingerprint density at radius 2 is 1.71 bits per heavy atom. The zero-order valence-corrected chi connectivity index (χ0v) is 15.9. The van der Waals surface area contributed by atoms with Crippen LogP contribution in [0.1, 0.15) is 5.56 Å². The Labute approximate surface area is 166 Å². The summed E-state index contributed by atoms with van der Waals surface area (Å²) < 4.78 is 21.2. The summed E-state index contributed by atoms with van der Waals surface area (Å²) in [6.07, 6.45) is 3.43. The van der Waals surface area contributed by atoms with Gasteiger partial charge in [-0.15, -0.1) is 10.2 Å². The molecule has 2 aromatic carbocycles. The van der Waals surface area contributed by atoms with Crippen LogP contribution in [0.15, 0.2) is 78.2 Å². The van der Waals surface area contributed by atoms with Crippen LogP contribution in [0.3, 0.4) is 0 Å². The number of hydrogen-bond acceptors (Lipinski definition) is 5. The van der Waals surface area contributed by atoms with Crippen molar-refractivity contribution in [3.8, 4) is 22.8 Å². The number of methoxy groups -OCH3 is 1. The van der Waals surface area contributed by atoms with Gasteiger partial charge in [-0.1, -0.05) is 30.0 Å². The second kappa shape index (κ2) is 8.22. The first-order valence-corrected chi connectivity index (χ1v) is 9.61. The maximum atomic E-state index is 14.0. The van der Waals surface area contributed by atoms with Crippen molar-refractivity contribution in [1.29, 1.82) is 0 Å². The fourth-order valence-electron chi connectivity index (χ4n) is 2.77. The molecule has 0 atom stereocenters. The van der Waals surface area contributed by atoms with Gasteiger partial charge >= 0.3 is 0 Å². The topological polar surface area (TPSA) is 52.8 Å². The van der Waals surface area contributed by atoms with E-state index >= 15 is 0 Å². The first kappa shape index (κ1) is 18.2. The van der Waals surface area contributed by atoms with E-state index in [0.717, 1.165) is 17.0 Å². The molecule has 4 rings (SSSR count). The van der Waals surface area contributed by atoms with Crippen molar-refractivity contribution < 1.29 is 9.13 Å². The molecule has 28 heavy (non-hydrogen) atoms. The van der Waals surface area contributed by atoms with E-state index < -0.39 is 0 Å². The van der Waals surface area contributed by atoms with E-state index in [1.54, 1.807) is 31.6 Å². The number of ether oxygens (including phenoxy) is 1. The molecule has 2 aromatic heterocycles. The van der Waals surface area contributed by atoms with Gasteiger partial charge in [0.25, 0.3) is 0 Å². The Bertz CT molecular complexity index is 1070. The van der Waals surface area contributed by atoms with Crippen LogP contribution in [0.2, 0.25) is 0 Å². The molecule has 0 aliphatic rings. The predicted octanol–water partition coefficient (Wildman–Crippen LogP) is 4.77. The molecule has 5 nitrogen and oxygen atoms in total. The Morgan fingerprint density at radius 3 is 2.43 bits per heavy atom. The SMILES string of the molecule is COc1ccc(-n2c(SCc3ccccc3F)nnc2-c2ccncc2)cc1. The number of thioether (sulfide) groups is 1. The summed E-state index contributed by atoms with van der Waals surface area (Å²) in [6, 6.07) is 18.2. The van der Waals surface area contributed by atoms with Crippen LogP contribution in [0.4, 0.5) is 4.39 Å². The predicted molar refractivity (Wildman–Crippen MR) is 107 cm³/mol. The summed E-state index contributed by atoms with van der Waals surface area (Å²) in [4.78, 5) is 4.07. The first-order valence-electron chi connectivity index (χ1n) is 8.62. The lowest BCUT2D eigenvalue weighted by molar-refractivity contribution is 0.414. The maximum Gasteiger partial charge on any atom is 0.196 e. The largest absolute Gasteiger partial charge is 0.497 e. The van der Waals surface area contributed by atoms with Gasteiger partial charge in [0.2, 0.25) is 0 Å². The monoisotopic (exact) mass is 392 g/mol. The summed E-state index contributed by atoms with van der Waals surface area (Å²) in [5, 5.41) is 9.42. The molecule has 0 aliphatic heterocycles. The number of aromatic nitrogens is 4. The summed E-state index contributed by atoms with van der Waals surface area (Å²) in [7, 11) is 1.63. The lowest BCUT2D eigenvalue weighted by Crippen LogP contribution is -2.00. The van der Waals surface area contributed by atoms with Crippen molar-refractivity contribution >= 4 is 11.8 Å². The molecule has 0 fully saturated rings. The number of pyridine rings is 1. The zero-order valence-electron chi connectivity index (χ0n) is 15.1. The number of rotatable bonds is 6. The Kier molecular flexibility index (Phi) is 5.34. The van der Waals surface area contributed by atoms with Gasteiger partial charge in [-0.2, -0.15) is 0 Å². The highest BCUT2D eigenvalue weighted by Crippen LogP contribution is 2.30. The van der Waals surface area contributed by atoms with Crippen molar-refractivity contribution in [1.82, 2.24) is 19.7 Å². The molecule has 0 aliphatic carbocycles. The molecule has 0 radical (unpaired) electrons. The van der Waals surface area contributed by atoms with E-state index in [1.165, 1.54) is 17.8 Å². The zero-order chi connectivity index (χ0) is 19.3. The molecular formula is C21H17FN4OS. The molecule has 7 heteroatoms. The van der Waals surface area contributed by atoms with Gasteiger partial charge in [0, 0.05) is 29.4 Å². The smallest absolute Gasteiger partial charge is 0.196 e. The second-order valence-corrected chi connectivity index (χ2v) is 6.90. The minimum absolute atomic E-state index is 0.222. The average Bonchev–Trinajstić information content (AvgIpc) is 3.18. The normalized spacial score (nSPS) is 10.8. The van der Waals surface area contributed by atoms with Crippen molar-refractivity contribution in [2.24, 2.45) is 0 Å². The maximum absolute atomic E-state index is 14.0. The lowest BCUT2D eigenvalue weighted by Gasteiger charge is -2.11. The number of hydrogen-bond donors (Lipinski definition) is 0. The van der Waals surface area contributed by atoms with Gasteiger partial charge in [0.15, 0.2) is 11.0 Å². The lowest BCUT2D eigenvalue weighted by atomic mass is 10.2. The van der Waals surface area contributed by atoms with Crippen molar-refractivity contribution in [3.63, 3.8) is 0 Å². The minimum Gasteiger partial charge on any atom is -0.497 e. The second-order valence-electron chi connectivity index (χ2n) is 5.96. The third-order valence-corrected chi connectivity index (χ3v) is 5.19. The van der Waals surface area contributed by atoms with Gasteiger partial charge < -0.3 is 4.74 Å². The standard InChI is InChI=1S/C21H17FN4OS/c1-27-18-8-6-17(7-9-18)26-20(15-10-12-23-13-11-15)24-25-21(26)28-14-16-4-2-3-5-19(16)22/h2-13H,14H2,1H3. The number of nitrogens with zero attached hydrogens (tertiary/aromatic N) is 4.